The van der Waals surface area contributed by atoms with Crippen LogP contribution < -0.4 is 10.6 Å². The van der Waals surface area contributed by atoms with Crippen molar-refractivity contribution in [2.24, 2.45) is 0 Å². The lowest BCUT2D eigenvalue weighted by Gasteiger charge is -2.27. The summed E-state index contributed by atoms with van der Waals surface area (Å²) < 4.78 is 5.36. The molecule has 0 aromatic carbocycles. The highest BCUT2D eigenvalue weighted by Gasteiger charge is 2.14. The van der Waals surface area contributed by atoms with E-state index in [4.69, 9.17) is 10.5 Å². The van der Waals surface area contributed by atoms with Gasteiger partial charge in [-0.15, -0.1) is 17.0 Å². The maximum Gasteiger partial charge on any atom is 0.180 e. The molecule has 3 heterocycles. The standard InChI is InChI=1S/C13H16N4OS.BrH/c1-9-12(19-13(14)16-9)10-2-3-15-11(8-10)17-4-6-18-7-5-17;/h2-3,8H,4-7H2,1H3,(H2,14,16);1H. The third-order valence-electron chi connectivity index (χ3n) is 3.16. The lowest BCUT2D eigenvalue weighted by Crippen LogP contribution is -2.36. The number of morpholine rings is 1. The summed E-state index contributed by atoms with van der Waals surface area (Å²) in [6.45, 7) is 5.29. The fraction of sp³-hybridized carbons (Fsp3) is 0.385. The molecular weight excluding hydrogens is 340 g/mol. The number of anilines is 2. The van der Waals surface area contributed by atoms with Crippen LogP contribution in [0.1, 0.15) is 5.69 Å². The third kappa shape index (κ3) is 3.11. The van der Waals surface area contributed by atoms with Crippen molar-refractivity contribution in [2.75, 3.05) is 36.9 Å². The fourth-order valence-electron chi connectivity index (χ4n) is 2.21. The molecule has 2 N–H and O–H groups in total. The molecular formula is C13H17BrN4OS. The smallest absolute Gasteiger partial charge is 0.180 e. The number of hydrogen-bond donors (Lipinski definition) is 1. The Morgan fingerprint density at radius 1 is 1.35 bits per heavy atom. The molecule has 3 rings (SSSR count). The molecule has 7 heteroatoms. The monoisotopic (exact) mass is 356 g/mol. The van der Waals surface area contributed by atoms with Crippen LogP contribution in [0.25, 0.3) is 10.4 Å². The number of nitrogens with two attached hydrogens (primary N) is 1. The topological polar surface area (TPSA) is 64.3 Å². The molecule has 20 heavy (non-hydrogen) atoms. The zero-order chi connectivity index (χ0) is 13.2. The molecule has 5 nitrogen and oxygen atoms in total. The number of nitrogen functional groups attached to an aromatic ring is 1. The van der Waals surface area contributed by atoms with Crippen molar-refractivity contribution in [3.8, 4) is 10.4 Å². The highest BCUT2D eigenvalue weighted by Crippen LogP contribution is 2.32. The molecule has 0 spiro atoms. The summed E-state index contributed by atoms with van der Waals surface area (Å²) in [6, 6.07) is 4.11. The van der Waals surface area contributed by atoms with Gasteiger partial charge in [-0.05, 0) is 24.6 Å². The van der Waals surface area contributed by atoms with Crippen LogP contribution in [0.4, 0.5) is 10.9 Å². The molecule has 0 bridgehead atoms. The Morgan fingerprint density at radius 3 is 2.75 bits per heavy atom. The SMILES string of the molecule is Br.Cc1nc(N)sc1-c1ccnc(N2CCOCC2)c1. The van der Waals surface area contributed by atoms with E-state index in [0.29, 0.717) is 5.13 Å². The number of rotatable bonds is 2. The summed E-state index contributed by atoms with van der Waals surface area (Å²) in [5.41, 5.74) is 7.86. The Bertz CT molecular complexity index is 584. The Labute approximate surface area is 132 Å². The van der Waals surface area contributed by atoms with E-state index in [-0.39, 0.29) is 17.0 Å². The van der Waals surface area contributed by atoms with Crippen molar-refractivity contribution in [2.45, 2.75) is 6.92 Å². The Hall–Kier alpha value is -1.18. The quantitative estimate of drug-likeness (QED) is 0.895. The first-order valence-corrected chi connectivity index (χ1v) is 7.08. The van der Waals surface area contributed by atoms with Crippen molar-refractivity contribution in [3.05, 3.63) is 24.0 Å². The van der Waals surface area contributed by atoms with E-state index in [0.717, 1.165) is 48.3 Å². The van der Waals surface area contributed by atoms with Gasteiger partial charge in [0.25, 0.3) is 0 Å². The van der Waals surface area contributed by atoms with Crippen LogP contribution in [0.5, 0.6) is 0 Å². The first-order valence-electron chi connectivity index (χ1n) is 6.26. The second-order valence-electron chi connectivity index (χ2n) is 4.47. The second-order valence-corrected chi connectivity index (χ2v) is 5.50. The molecule has 2 aromatic rings. The van der Waals surface area contributed by atoms with Gasteiger partial charge in [-0.25, -0.2) is 9.97 Å². The van der Waals surface area contributed by atoms with Crippen LogP contribution in [-0.2, 0) is 4.74 Å². The van der Waals surface area contributed by atoms with Gasteiger partial charge in [0.2, 0.25) is 0 Å². The molecule has 0 saturated carbocycles. The lowest BCUT2D eigenvalue weighted by molar-refractivity contribution is 0.122. The van der Waals surface area contributed by atoms with Gasteiger partial charge < -0.3 is 15.4 Å². The Kier molecular flexibility index (Phi) is 4.95. The second kappa shape index (κ2) is 6.51. The van der Waals surface area contributed by atoms with Crippen LogP contribution in [0.15, 0.2) is 18.3 Å². The molecule has 0 atom stereocenters. The molecule has 0 aliphatic carbocycles. The average molecular weight is 357 g/mol. The minimum atomic E-state index is 0. The first-order chi connectivity index (χ1) is 9.24. The maximum atomic E-state index is 5.76. The van der Waals surface area contributed by atoms with Gasteiger partial charge in [0, 0.05) is 19.3 Å². The van der Waals surface area contributed by atoms with Gasteiger partial charge in [-0.3, -0.25) is 0 Å². The minimum absolute atomic E-state index is 0. The number of halogens is 1. The van der Waals surface area contributed by atoms with E-state index in [9.17, 15) is 0 Å². The molecule has 1 fully saturated rings. The van der Waals surface area contributed by atoms with Crippen molar-refractivity contribution in [1.29, 1.82) is 0 Å². The summed E-state index contributed by atoms with van der Waals surface area (Å²) in [6.07, 6.45) is 1.84. The molecule has 2 aromatic heterocycles. The van der Waals surface area contributed by atoms with Crippen LogP contribution in [0.2, 0.25) is 0 Å². The zero-order valence-corrected chi connectivity index (χ0v) is 13.7. The van der Waals surface area contributed by atoms with Gasteiger partial charge in [0.05, 0.1) is 23.8 Å². The lowest BCUT2D eigenvalue weighted by atomic mass is 10.2. The maximum absolute atomic E-state index is 5.76. The summed E-state index contributed by atoms with van der Waals surface area (Å²) in [4.78, 5) is 12.1. The number of ether oxygens (including phenoxy) is 1. The molecule has 1 saturated heterocycles. The van der Waals surface area contributed by atoms with E-state index in [1.165, 1.54) is 11.3 Å². The molecule has 1 aliphatic rings. The summed E-state index contributed by atoms with van der Waals surface area (Å²) in [5.74, 6) is 0.993. The van der Waals surface area contributed by atoms with E-state index in [1.807, 2.05) is 19.2 Å². The molecule has 0 amide bonds. The first kappa shape index (κ1) is 15.2. The Balaban J connectivity index is 0.00000147. The third-order valence-corrected chi connectivity index (χ3v) is 4.19. The molecule has 0 unspecified atom stereocenters. The fourth-order valence-corrected chi connectivity index (χ4v) is 3.04. The van der Waals surface area contributed by atoms with Gasteiger partial charge in [0.15, 0.2) is 5.13 Å². The van der Waals surface area contributed by atoms with Crippen LogP contribution in [-0.4, -0.2) is 36.3 Å². The van der Waals surface area contributed by atoms with Crippen molar-refractivity contribution in [3.63, 3.8) is 0 Å². The predicted molar refractivity (Wildman–Crippen MR) is 87.8 cm³/mol. The van der Waals surface area contributed by atoms with Crippen molar-refractivity contribution < 1.29 is 4.74 Å². The number of hydrogen-bond acceptors (Lipinski definition) is 6. The number of thiazole rings is 1. The normalized spacial score (nSPS) is 14.9. The average Bonchev–Trinajstić information content (AvgIpc) is 2.79. The number of aryl methyl sites for hydroxylation is 1. The summed E-state index contributed by atoms with van der Waals surface area (Å²) in [5, 5.41) is 0.609. The minimum Gasteiger partial charge on any atom is -0.378 e. The number of pyridine rings is 1. The Morgan fingerprint density at radius 2 is 2.10 bits per heavy atom. The van der Waals surface area contributed by atoms with Crippen molar-refractivity contribution >= 4 is 39.3 Å². The van der Waals surface area contributed by atoms with Crippen LogP contribution >= 0.6 is 28.3 Å². The van der Waals surface area contributed by atoms with Crippen molar-refractivity contribution in [1.82, 2.24) is 9.97 Å². The highest BCUT2D eigenvalue weighted by molar-refractivity contribution is 8.93. The van der Waals surface area contributed by atoms with E-state index < -0.39 is 0 Å². The number of aromatic nitrogens is 2. The summed E-state index contributed by atoms with van der Waals surface area (Å²) >= 11 is 1.52. The molecule has 108 valence electrons. The zero-order valence-electron chi connectivity index (χ0n) is 11.2. The van der Waals surface area contributed by atoms with Crippen LogP contribution in [0.3, 0.4) is 0 Å². The molecule has 1 aliphatic heterocycles. The van der Waals surface area contributed by atoms with Gasteiger partial charge in [-0.2, -0.15) is 0 Å². The molecule has 0 radical (unpaired) electrons. The van der Waals surface area contributed by atoms with E-state index in [1.54, 1.807) is 0 Å². The van der Waals surface area contributed by atoms with E-state index >= 15 is 0 Å². The van der Waals surface area contributed by atoms with E-state index in [2.05, 4.69) is 20.9 Å². The predicted octanol–water partition coefficient (Wildman–Crippen LogP) is 2.51. The van der Waals surface area contributed by atoms with Crippen LogP contribution in [0, 0.1) is 6.92 Å². The van der Waals surface area contributed by atoms with Gasteiger partial charge in [-0.1, -0.05) is 11.3 Å². The largest absolute Gasteiger partial charge is 0.378 e. The highest BCUT2D eigenvalue weighted by atomic mass is 79.9. The number of nitrogens with zero attached hydrogens (tertiary/aromatic N) is 3. The van der Waals surface area contributed by atoms with Gasteiger partial charge in [0.1, 0.15) is 5.82 Å². The summed E-state index contributed by atoms with van der Waals surface area (Å²) in [7, 11) is 0. The van der Waals surface area contributed by atoms with Gasteiger partial charge >= 0.3 is 0 Å².